The minimum absolute atomic E-state index is 0.123. The Bertz CT molecular complexity index is 1050. The largest absolute Gasteiger partial charge is 0.383 e. The van der Waals surface area contributed by atoms with Gasteiger partial charge in [-0.3, -0.25) is 9.69 Å². The highest BCUT2D eigenvalue weighted by Gasteiger charge is 2.31. The van der Waals surface area contributed by atoms with Gasteiger partial charge in [0, 0.05) is 25.8 Å². The lowest BCUT2D eigenvalue weighted by Crippen LogP contribution is -2.42. The average molecular weight is 398 g/mol. The standard InChI is InChI=1S/C20H26N6O3/c1-13-10-14(2)17-15(11-13)12-16(20(27)21-17)18(25-4-8-29-9-5-25)19-22-23-24-26(19)6-7-28-3/h10-12,18H,4-9H2,1-3H3,(H,21,27)/t18-/m0/s1. The predicted molar refractivity (Wildman–Crippen MR) is 108 cm³/mol. The zero-order valence-electron chi connectivity index (χ0n) is 17.0. The highest BCUT2D eigenvalue weighted by Crippen LogP contribution is 2.28. The van der Waals surface area contributed by atoms with Crippen LogP contribution in [0.25, 0.3) is 10.9 Å². The molecule has 0 amide bonds. The molecule has 3 aromatic rings. The molecule has 1 fully saturated rings. The van der Waals surface area contributed by atoms with Crippen LogP contribution in [0.4, 0.5) is 0 Å². The van der Waals surface area contributed by atoms with E-state index in [-0.39, 0.29) is 11.6 Å². The highest BCUT2D eigenvalue weighted by atomic mass is 16.5. The van der Waals surface area contributed by atoms with Crippen LogP contribution in [-0.4, -0.2) is 70.1 Å². The molecule has 154 valence electrons. The average Bonchev–Trinajstić information content (AvgIpc) is 3.16. The first kappa shape index (κ1) is 19.7. The third-order valence-corrected chi connectivity index (χ3v) is 5.34. The molecule has 1 saturated heterocycles. The second kappa shape index (κ2) is 8.40. The van der Waals surface area contributed by atoms with Crippen LogP contribution in [0.1, 0.15) is 28.6 Å². The molecular formula is C20H26N6O3. The maximum absolute atomic E-state index is 13.2. The van der Waals surface area contributed by atoms with Gasteiger partial charge in [-0.25, -0.2) is 4.68 Å². The second-order valence-corrected chi connectivity index (χ2v) is 7.40. The first-order valence-electron chi connectivity index (χ1n) is 9.79. The van der Waals surface area contributed by atoms with Crippen LogP contribution < -0.4 is 5.56 Å². The molecule has 0 spiro atoms. The van der Waals surface area contributed by atoms with Gasteiger partial charge in [-0.05, 0) is 47.4 Å². The quantitative estimate of drug-likeness (QED) is 0.666. The molecule has 1 aromatic carbocycles. The Morgan fingerprint density at radius 3 is 2.79 bits per heavy atom. The molecule has 29 heavy (non-hydrogen) atoms. The van der Waals surface area contributed by atoms with Crippen molar-refractivity contribution in [3.8, 4) is 0 Å². The van der Waals surface area contributed by atoms with Crippen molar-refractivity contribution in [2.45, 2.75) is 26.4 Å². The van der Waals surface area contributed by atoms with Crippen LogP contribution in [0.15, 0.2) is 23.0 Å². The number of morpholine rings is 1. The fourth-order valence-electron chi connectivity index (χ4n) is 3.99. The molecule has 3 heterocycles. The third-order valence-electron chi connectivity index (χ3n) is 5.34. The van der Waals surface area contributed by atoms with Gasteiger partial charge in [0.05, 0.1) is 31.9 Å². The number of nitrogens with zero attached hydrogens (tertiary/aromatic N) is 5. The molecule has 1 aliphatic heterocycles. The molecule has 0 bridgehead atoms. The number of nitrogens with one attached hydrogen (secondary N) is 1. The molecule has 0 aliphatic carbocycles. The van der Waals surface area contributed by atoms with E-state index in [1.807, 2.05) is 13.0 Å². The Kier molecular flexibility index (Phi) is 5.70. The number of H-pyrrole nitrogens is 1. The Hall–Kier alpha value is -2.62. The van der Waals surface area contributed by atoms with Crippen molar-refractivity contribution in [3.63, 3.8) is 0 Å². The van der Waals surface area contributed by atoms with E-state index in [4.69, 9.17) is 9.47 Å². The number of aryl methyl sites for hydroxylation is 2. The van der Waals surface area contributed by atoms with E-state index in [1.54, 1.807) is 11.8 Å². The van der Waals surface area contributed by atoms with Gasteiger partial charge in [0.15, 0.2) is 5.82 Å². The van der Waals surface area contributed by atoms with Gasteiger partial charge in [-0.1, -0.05) is 11.6 Å². The Labute approximate surface area is 168 Å². The van der Waals surface area contributed by atoms with Crippen molar-refractivity contribution < 1.29 is 9.47 Å². The molecule has 4 rings (SSSR count). The summed E-state index contributed by atoms with van der Waals surface area (Å²) in [5, 5.41) is 13.3. The Morgan fingerprint density at radius 2 is 2.03 bits per heavy atom. The van der Waals surface area contributed by atoms with Crippen molar-refractivity contribution >= 4 is 10.9 Å². The lowest BCUT2D eigenvalue weighted by molar-refractivity contribution is 0.0211. The fraction of sp³-hybridized carbons (Fsp3) is 0.500. The summed E-state index contributed by atoms with van der Waals surface area (Å²) in [5.41, 5.74) is 3.58. The lowest BCUT2D eigenvalue weighted by Gasteiger charge is -2.33. The molecule has 1 atom stereocenters. The first-order valence-corrected chi connectivity index (χ1v) is 9.79. The van der Waals surface area contributed by atoms with Gasteiger partial charge in [-0.2, -0.15) is 0 Å². The molecule has 0 unspecified atom stereocenters. The number of pyridine rings is 1. The molecule has 1 aliphatic rings. The number of ether oxygens (including phenoxy) is 2. The van der Waals surface area contributed by atoms with Gasteiger partial charge in [0.2, 0.25) is 0 Å². The van der Waals surface area contributed by atoms with Gasteiger partial charge < -0.3 is 14.5 Å². The highest BCUT2D eigenvalue weighted by molar-refractivity contribution is 5.83. The van der Waals surface area contributed by atoms with Crippen molar-refractivity contribution in [1.82, 2.24) is 30.1 Å². The summed E-state index contributed by atoms with van der Waals surface area (Å²) in [6.07, 6.45) is 0. The number of hydrogen-bond acceptors (Lipinski definition) is 7. The van der Waals surface area contributed by atoms with Crippen LogP contribution >= 0.6 is 0 Å². The van der Waals surface area contributed by atoms with E-state index >= 15 is 0 Å². The summed E-state index contributed by atoms with van der Waals surface area (Å²) in [7, 11) is 1.64. The normalized spacial score (nSPS) is 16.4. The smallest absolute Gasteiger partial charge is 0.253 e. The van der Waals surface area contributed by atoms with Crippen molar-refractivity contribution in [2.24, 2.45) is 0 Å². The lowest BCUT2D eigenvalue weighted by atomic mass is 10.0. The zero-order chi connectivity index (χ0) is 20.4. The SMILES string of the molecule is COCCn1nnnc1[C@H](c1cc2cc(C)cc(C)c2[nH]c1=O)N1CCOCC1. The van der Waals surface area contributed by atoms with Crippen LogP contribution in [0.2, 0.25) is 0 Å². The zero-order valence-corrected chi connectivity index (χ0v) is 17.0. The van der Waals surface area contributed by atoms with E-state index in [0.29, 0.717) is 50.8 Å². The minimum atomic E-state index is -0.361. The van der Waals surface area contributed by atoms with Crippen molar-refractivity contribution in [1.29, 1.82) is 0 Å². The maximum Gasteiger partial charge on any atom is 0.253 e. The summed E-state index contributed by atoms with van der Waals surface area (Å²) in [4.78, 5) is 18.4. The number of fused-ring (bicyclic) bond motifs is 1. The second-order valence-electron chi connectivity index (χ2n) is 7.40. The molecule has 2 aromatic heterocycles. The Morgan fingerprint density at radius 1 is 1.24 bits per heavy atom. The van der Waals surface area contributed by atoms with E-state index in [0.717, 1.165) is 22.0 Å². The van der Waals surface area contributed by atoms with Crippen molar-refractivity contribution in [3.05, 3.63) is 51.1 Å². The van der Waals surface area contributed by atoms with Crippen LogP contribution in [0.3, 0.4) is 0 Å². The minimum Gasteiger partial charge on any atom is -0.383 e. The predicted octanol–water partition coefficient (Wildman–Crippen LogP) is 1.20. The van der Waals surface area contributed by atoms with E-state index in [9.17, 15) is 4.79 Å². The molecule has 0 radical (unpaired) electrons. The maximum atomic E-state index is 13.2. The monoisotopic (exact) mass is 398 g/mol. The molecule has 9 heteroatoms. The number of aromatic nitrogens is 5. The van der Waals surface area contributed by atoms with Crippen LogP contribution in [0.5, 0.6) is 0 Å². The van der Waals surface area contributed by atoms with E-state index in [2.05, 4.69) is 44.5 Å². The number of hydrogen-bond donors (Lipinski definition) is 1. The van der Waals surface area contributed by atoms with E-state index in [1.165, 1.54) is 0 Å². The summed E-state index contributed by atoms with van der Waals surface area (Å²) < 4.78 is 12.4. The third kappa shape index (κ3) is 3.93. The van der Waals surface area contributed by atoms with Crippen LogP contribution in [0, 0.1) is 13.8 Å². The number of benzene rings is 1. The fourth-order valence-corrected chi connectivity index (χ4v) is 3.99. The topological polar surface area (TPSA) is 98.2 Å². The van der Waals surface area contributed by atoms with Gasteiger partial charge in [0.1, 0.15) is 6.04 Å². The molecule has 1 N–H and O–H groups in total. The number of methoxy groups -OCH3 is 1. The summed E-state index contributed by atoms with van der Waals surface area (Å²) in [6.45, 7) is 7.69. The number of tetrazole rings is 1. The summed E-state index contributed by atoms with van der Waals surface area (Å²) in [5.74, 6) is 0.637. The van der Waals surface area contributed by atoms with Crippen molar-refractivity contribution in [2.75, 3.05) is 40.0 Å². The van der Waals surface area contributed by atoms with Crippen LogP contribution in [-0.2, 0) is 16.0 Å². The van der Waals surface area contributed by atoms with Gasteiger partial charge in [0.25, 0.3) is 5.56 Å². The van der Waals surface area contributed by atoms with Gasteiger partial charge >= 0.3 is 0 Å². The summed E-state index contributed by atoms with van der Waals surface area (Å²) in [6, 6.07) is 5.78. The number of rotatable bonds is 6. The first-order chi connectivity index (χ1) is 14.1. The Balaban J connectivity index is 1.86. The molecular weight excluding hydrogens is 372 g/mol. The van der Waals surface area contributed by atoms with E-state index < -0.39 is 0 Å². The molecule has 0 saturated carbocycles. The molecule has 9 nitrogen and oxygen atoms in total. The van der Waals surface area contributed by atoms with Gasteiger partial charge in [-0.15, -0.1) is 5.10 Å². The number of aromatic amines is 1. The summed E-state index contributed by atoms with van der Waals surface area (Å²) >= 11 is 0.